The van der Waals surface area contributed by atoms with Crippen molar-refractivity contribution in [2.45, 2.75) is 19.9 Å². The van der Waals surface area contributed by atoms with Crippen LogP contribution in [0.15, 0.2) is 72.4 Å². The number of hydrogen-bond donors (Lipinski definition) is 1. The molecule has 5 aromatic rings. The molecule has 0 aliphatic rings. The standard InChI is InChI=1S/C25H23N5S/c1-16(18-6-4-7-20(12-18)23-8-5-11-30(23)3)27-25-14-22(28-17(2)29-25)19-9-10-21-24(13-19)31-15-26-21/h4-16H,1-3H3,(H,27,28,29). The van der Waals surface area contributed by atoms with Crippen molar-refractivity contribution >= 4 is 27.4 Å². The summed E-state index contributed by atoms with van der Waals surface area (Å²) in [5.41, 5.74) is 8.49. The van der Waals surface area contributed by atoms with Gasteiger partial charge < -0.3 is 9.88 Å². The minimum Gasteiger partial charge on any atom is -0.363 e. The van der Waals surface area contributed by atoms with Crippen molar-refractivity contribution in [1.82, 2.24) is 19.5 Å². The van der Waals surface area contributed by atoms with E-state index in [1.165, 1.54) is 16.8 Å². The molecule has 0 radical (unpaired) electrons. The van der Waals surface area contributed by atoms with Gasteiger partial charge in [0.05, 0.1) is 21.4 Å². The van der Waals surface area contributed by atoms with E-state index in [0.717, 1.165) is 33.1 Å². The number of fused-ring (bicyclic) bond motifs is 1. The van der Waals surface area contributed by atoms with Crippen LogP contribution in [0.1, 0.15) is 24.4 Å². The van der Waals surface area contributed by atoms with Gasteiger partial charge in [0, 0.05) is 36.6 Å². The lowest BCUT2D eigenvalue weighted by Crippen LogP contribution is -2.09. The third-order valence-corrected chi connectivity index (χ3v) is 6.25. The summed E-state index contributed by atoms with van der Waals surface area (Å²) in [6.07, 6.45) is 2.07. The fourth-order valence-corrected chi connectivity index (χ4v) is 4.55. The molecular formula is C25H23N5S. The van der Waals surface area contributed by atoms with Crippen LogP contribution in [0.2, 0.25) is 0 Å². The van der Waals surface area contributed by atoms with Gasteiger partial charge in [-0.05, 0) is 55.3 Å². The number of hydrogen-bond acceptors (Lipinski definition) is 5. The van der Waals surface area contributed by atoms with Gasteiger partial charge in [-0.1, -0.05) is 24.3 Å². The lowest BCUT2D eigenvalue weighted by Gasteiger charge is -2.17. The molecule has 5 rings (SSSR count). The van der Waals surface area contributed by atoms with Crippen molar-refractivity contribution in [3.05, 3.63) is 83.8 Å². The molecule has 0 aliphatic carbocycles. The average Bonchev–Trinajstić information content (AvgIpc) is 3.41. The first-order chi connectivity index (χ1) is 15.1. The largest absolute Gasteiger partial charge is 0.363 e. The van der Waals surface area contributed by atoms with E-state index in [-0.39, 0.29) is 6.04 Å². The van der Waals surface area contributed by atoms with E-state index in [2.05, 4.69) is 93.5 Å². The zero-order valence-corrected chi connectivity index (χ0v) is 18.5. The Morgan fingerprint density at radius 2 is 1.87 bits per heavy atom. The summed E-state index contributed by atoms with van der Waals surface area (Å²) in [5, 5.41) is 3.56. The summed E-state index contributed by atoms with van der Waals surface area (Å²) in [6.45, 7) is 4.09. The molecule has 0 spiro atoms. The summed E-state index contributed by atoms with van der Waals surface area (Å²) in [4.78, 5) is 13.7. The second-order valence-corrected chi connectivity index (χ2v) is 8.60. The molecule has 1 atom stereocenters. The fraction of sp³-hybridized carbons (Fsp3) is 0.160. The van der Waals surface area contributed by atoms with E-state index in [0.29, 0.717) is 0 Å². The highest BCUT2D eigenvalue weighted by atomic mass is 32.1. The predicted octanol–water partition coefficient (Wildman–Crippen LogP) is 6.24. The number of thiazole rings is 1. The highest BCUT2D eigenvalue weighted by molar-refractivity contribution is 7.16. The minimum atomic E-state index is 0.103. The quantitative estimate of drug-likeness (QED) is 0.362. The van der Waals surface area contributed by atoms with Crippen molar-refractivity contribution < 1.29 is 0 Å². The second-order valence-electron chi connectivity index (χ2n) is 7.72. The summed E-state index contributed by atoms with van der Waals surface area (Å²) in [7, 11) is 2.07. The highest BCUT2D eigenvalue weighted by Crippen LogP contribution is 2.28. The Morgan fingerprint density at radius 1 is 0.968 bits per heavy atom. The molecule has 2 aromatic carbocycles. The molecule has 3 aromatic heterocycles. The number of anilines is 1. The van der Waals surface area contributed by atoms with Crippen LogP contribution in [0.25, 0.3) is 32.7 Å². The molecule has 5 nitrogen and oxygen atoms in total. The maximum atomic E-state index is 4.66. The molecule has 0 saturated carbocycles. The maximum absolute atomic E-state index is 4.66. The van der Waals surface area contributed by atoms with Gasteiger partial charge in [-0.15, -0.1) is 11.3 Å². The van der Waals surface area contributed by atoms with Crippen LogP contribution < -0.4 is 5.32 Å². The molecule has 1 N–H and O–H groups in total. The van der Waals surface area contributed by atoms with Gasteiger partial charge >= 0.3 is 0 Å². The lowest BCUT2D eigenvalue weighted by atomic mass is 10.0. The lowest BCUT2D eigenvalue weighted by molar-refractivity contribution is 0.866. The number of aryl methyl sites for hydroxylation is 2. The van der Waals surface area contributed by atoms with Gasteiger partial charge in [0.25, 0.3) is 0 Å². The van der Waals surface area contributed by atoms with Crippen LogP contribution in [0.5, 0.6) is 0 Å². The van der Waals surface area contributed by atoms with Gasteiger partial charge in [-0.2, -0.15) is 0 Å². The van der Waals surface area contributed by atoms with E-state index in [1.807, 2.05) is 24.6 Å². The molecule has 31 heavy (non-hydrogen) atoms. The predicted molar refractivity (Wildman–Crippen MR) is 128 cm³/mol. The van der Waals surface area contributed by atoms with Gasteiger partial charge in [0.1, 0.15) is 11.6 Å². The monoisotopic (exact) mass is 425 g/mol. The van der Waals surface area contributed by atoms with Crippen LogP contribution in [0.4, 0.5) is 5.82 Å². The Balaban J connectivity index is 1.43. The Labute approximate surface area is 185 Å². The molecule has 154 valence electrons. The molecule has 0 aliphatic heterocycles. The number of nitrogens with zero attached hydrogens (tertiary/aromatic N) is 4. The summed E-state index contributed by atoms with van der Waals surface area (Å²) < 4.78 is 3.30. The normalized spacial score (nSPS) is 12.2. The Hall–Kier alpha value is -3.51. The number of benzene rings is 2. The van der Waals surface area contributed by atoms with Crippen LogP contribution in [-0.2, 0) is 7.05 Å². The zero-order chi connectivity index (χ0) is 21.4. The summed E-state index contributed by atoms with van der Waals surface area (Å²) >= 11 is 1.64. The molecule has 1 unspecified atom stereocenters. The number of aromatic nitrogens is 4. The molecule has 3 heterocycles. The maximum Gasteiger partial charge on any atom is 0.130 e. The Kier molecular flexibility index (Phi) is 5.00. The Morgan fingerprint density at radius 3 is 2.71 bits per heavy atom. The van der Waals surface area contributed by atoms with Crippen LogP contribution >= 0.6 is 11.3 Å². The van der Waals surface area contributed by atoms with E-state index in [1.54, 1.807) is 11.3 Å². The first kappa shape index (κ1) is 19.5. The molecule has 0 fully saturated rings. The van der Waals surface area contributed by atoms with Crippen molar-refractivity contribution in [3.63, 3.8) is 0 Å². The van der Waals surface area contributed by atoms with Crippen LogP contribution in [0.3, 0.4) is 0 Å². The fourth-order valence-electron chi connectivity index (χ4n) is 3.84. The molecule has 0 bridgehead atoms. The smallest absolute Gasteiger partial charge is 0.130 e. The van der Waals surface area contributed by atoms with E-state index >= 15 is 0 Å². The van der Waals surface area contributed by atoms with E-state index in [4.69, 9.17) is 0 Å². The van der Waals surface area contributed by atoms with E-state index in [9.17, 15) is 0 Å². The van der Waals surface area contributed by atoms with Gasteiger partial charge in [0.2, 0.25) is 0 Å². The van der Waals surface area contributed by atoms with E-state index < -0.39 is 0 Å². The van der Waals surface area contributed by atoms with Gasteiger partial charge in [0.15, 0.2) is 0 Å². The van der Waals surface area contributed by atoms with Crippen molar-refractivity contribution in [2.24, 2.45) is 7.05 Å². The third-order valence-electron chi connectivity index (χ3n) is 5.46. The number of nitrogens with one attached hydrogen (secondary N) is 1. The molecule has 0 amide bonds. The van der Waals surface area contributed by atoms with Gasteiger partial charge in [-0.3, -0.25) is 0 Å². The Bertz CT molecular complexity index is 1370. The van der Waals surface area contributed by atoms with Crippen molar-refractivity contribution in [2.75, 3.05) is 5.32 Å². The van der Waals surface area contributed by atoms with Gasteiger partial charge in [-0.25, -0.2) is 15.0 Å². The summed E-state index contributed by atoms with van der Waals surface area (Å²) in [6, 6.07) is 21.2. The molecule has 0 saturated heterocycles. The number of rotatable bonds is 5. The second kappa shape index (κ2) is 7.96. The third kappa shape index (κ3) is 3.94. The highest BCUT2D eigenvalue weighted by Gasteiger charge is 2.12. The van der Waals surface area contributed by atoms with Crippen molar-refractivity contribution in [3.8, 4) is 22.5 Å². The summed E-state index contributed by atoms with van der Waals surface area (Å²) in [5.74, 6) is 1.57. The molecule has 6 heteroatoms. The minimum absolute atomic E-state index is 0.103. The van der Waals surface area contributed by atoms with Crippen LogP contribution in [0, 0.1) is 6.92 Å². The van der Waals surface area contributed by atoms with Crippen molar-refractivity contribution in [1.29, 1.82) is 0 Å². The molecular weight excluding hydrogens is 402 g/mol. The first-order valence-electron chi connectivity index (χ1n) is 10.2. The first-order valence-corrected chi connectivity index (χ1v) is 11.1. The van der Waals surface area contributed by atoms with Crippen LogP contribution in [-0.4, -0.2) is 19.5 Å². The average molecular weight is 426 g/mol. The topological polar surface area (TPSA) is 55.6 Å². The zero-order valence-electron chi connectivity index (χ0n) is 17.7. The SMILES string of the molecule is Cc1nc(NC(C)c2cccc(-c3cccn3C)c2)cc(-c2ccc3ncsc3c2)n1.